The number of sulfonamides is 1. The molecule has 0 saturated heterocycles. The van der Waals surface area contributed by atoms with Crippen molar-refractivity contribution < 1.29 is 35.2 Å². The Morgan fingerprint density at radius 2 is 1.62 bits per heavy atom. The summed E-state index contributed by atoms with van der Waals surface area (Å²) < 4.78 is 85.3. The van der Waals surface area contributed by atoms with Crippen LogP contribution in [-0.2, 0) is 14.8 Å². The first kappa shape index (κ1) is 17.1. The highest BCUT2D eigenvalue weighted by Gasteiger charge is 2.63. The van der Waals surface area contributed by atoms with Crippen LogP contribution in [0, 0.1) is 0 Å². The number of carbonyl (C=O) groups excluding carboxylic acids is 1. The number of amides is 1. The van der Waals surface area contributed by atoms with E-state index in [1.807, 2.05) is 4.72 Å². The van der Waals surface area contributed by atoms with Crippen molar-refractivity contribution in [3.05, 3.63) is 24.3 Å². The second-order valence-corrected chi connectivity index (χ2v) is 5.73. The van der Waals surface area contributed by atoms with Gasteiger partial charge in [0.1, 0.15) is 0 Å². The van der Waals surface area contributed by atoms with Crippen molar-refractivity contribution in [1.29, 1.82) is 0 Å². The van der Waals surface area contributed by atoms with Gasteiger partial charge in [-0.05, 0) is 18.2 Å². The smallest absolute Gasteiger partial charge is 0.320 e. The summed E-state index contributed by atoms with van der Waals surface area (Å²) in [5, 5.41) is 1.37. The molecule has 5 nitrogen and oxygen atoms in total. The summed E-state index contributed by atoms with van der Waals surface area (Å²) in [7, 11) is -3.66. The molecule has 0 heterocycles. The maximum absolute atomic E-state index is 12.7. The van der Waals surface area contributed by atoms with Crippen LogP contribution < -0.4 is 10.0 Å². The number of anilines is 2. The molecule has 0 aliphatic heterocycles. The van der Waals surface area contributed by atoms with E-state index < -0.39 is 33.7 Å². The van der Waals surface area contributed by atoms with Crippen molar-refractivity contribution in [3.8, 4) is 0 Å². The zero-order valence-electron chi connectivity index (χ0n) is 10.3. The van der Waals surface area contributed by atoms with Gasteiger partial charge in [-0.1, -0.05) is 6.07 Å². The van der Waals surface area contributed by atoms with Gasteiger partial charge in [0.05, 0.1) is 11.9 Å². The van der Waals surface area contributed by atoms with Crippen molar-refractivity contribution in [2.24, 2.45) is 0 Å². The number of hydrogen-bond acceptors (Lipinski definition) is 3. The lowest BCUT2D eigenvalue weighted by Crippen LogP contribution is -2.47. The third kappa shape index (κ3) is 4.55. The van der Waals surface area contributed by atoms with Gasteiger partial charge < -0.3 is 5.32 Å². The van der Waals surface area contributed by atoms with Crippen molar-refractivity contribution in [3.63, 3.8) is 0 Å². The first-order valence-electron chi connectivity index (χ1n) is 5.17. The van der Waals surface area contributed by atoms with Gasteiger partial charge in [-0.15, -0.1) is 0 Å². The van der Waals surface area contributed by atoms with Crippen LogP contribution in [0.4, 0.5) is 33.3 Å². The number of benzene rings is 1. The second-order valence-electron chi connectivity index (χ2n) is 3.98. The van der Waals surface area contributed by atoms with E-state index in [4.69, 9.17) is 0 Å². The molecule has 21 heavy (non-hydrogen) atoms. The van der Waals surface area contributed by atoms with Crippen LogP contribution in [0.15, 0.2) is 24.3 Å². The molecule has 0 radical (unpaired) electrons. The van der Waals surface area contributed by atoms with E-state index in [-0.39, 0.29) is 5.69 Å². The van der Waals surface area contributed by atoms with Gasteiger partial charge >= 0.3 is 18.0 Å². The Bertz CT molecular complexity index is 642. The average Bonchev–Trinajstić information content (AvgIpc) is 2.25. The molecule has 1 rings (SSSR count). The van der Waals surface area contributed by atoms with Crippen LogP contribution in [0.5, 0.6) is 0 Å². The fourth-order valence-electron chi connectivity index (χ4n) is 1.21. The van der Waals surface area contributed by atoms with Crippen molar-refractivity contribution in [1.82, 2.24) is 0 Å². The van der Waals surface area contributed by atoms with Crippen LogP contribution in [-0.4, -0.2) is 32.7 Å². The second kappa shape index (κ2) is 5.47. The van der Waals surface area contributed by atoms with E-state index in [2.05, 4.69) is 0 Å². The summed E-state index contributed by atoms with van der Waals surface area (Å²) in [6.07, 6.45) is -5.21. The quantitative estimate of drug-likeness (QED) is 0.830. The summed E-state index contributed by atoms with van der Waals surface area (Å²) in [6, 6.07) is 4.30. The van der Waals surface area contributed by atoms with Gasteiger partial charge in [0.2, 0.25) is 10.0 Å². The Morgan fingerprint density at radius 3 is 2.10 bits per heavy atom. The number of hydrogen-bond donors (Lipinski definition) is 2. The van der Waals surface area contributed by atoms with Gasteiger partial charge in [-0.2, -0.15) is 22.0 Å². The number of nitrogens with one attached hydrogen (secondary N) is 2. The highest BCUT2D eigenvalue weighted by Crippen LogP contribution is 2.36. The number of alkyl halides is 5. The third-order valence-corrected chi connectivity index (χ3v) is 2.67. The first-order chi connectivity index (χ1) is 9.33. The van der Waals surface area contributed by atoms with Crippen LogP contribution >= 0.6 is 0 Å². The number of rotatable bonds is 4. The Kier molecular flexibility index (Phi) is 4.46. The van der Waals surface area contributed by atoms with Crippen molar-refractivity contribution >= 4 is 27.3 Å². The number of carbonyl (C=O) groups is 1. The topological polar surface area (TPSA) is 75.3 Å². The van der Waals surface area contributed by atoms with E-state index in [1.54, 1.807) is 0 Å². The standard InChI is InChI=1S/C10H9F5N2O3S/c1-21(19,20)17-7-4-2-3-6(5-7)16-8(18)9(11,12)10(13,14)15/h2-5,17H,1H3,(H,16,18). The molecular weight excluding hydrogens is 323 g/mol. The van der Waals surface area contributed by atoms with Gasteiger partial charge in [-0.3, -0.25) is 9.52 Å². The molecule has 0 fully saturated rings. The van der Waals surface area contributed by atoms with Gasteiger partial charge in [-0.25, -0.2) is 8.42 Å². The van der Waals surface area contributed by atoms with Crippen molar-refractivity contribution in [2.45, 2.75) is 12.1 Å². The lowest BCUT2D eigenvalue weighted by Gasteiger charge is -2.18. The summed E-state index contributed by atoms with van der Waals surface area (Å²) in [5.74, 6) is -8.13. The molecule has 0 aromatic heterocycles. The fraction of sp³-hybridized carbons (Fsp3) is 0.300. The molecular formula is C10H9F5N2O3S. The Labute approximate surface area is 116 Å². The minimum atomic E-state index is -6.03. The van der Waals surface area contributed by atoms with E-state index in [1.165, 1.54) is 11.4 Å². The molecule has 2 N–H and O–H groups in total. The van der Waals surface area contributed by atoms with Gasteiger partial charge in [0.25, 0.3) is 0 Å². The zero-order chi connectivity index (χ0) is 16.5. The maximum atomic E-state index is 12.7. The molecule has 0 aliphatic carbocycles. The van der Waals surface area contributed by atoms with Crippen LogP contribution in [0.25, 0.3) is 0 Å². The van der Waals surface area contributed by atoms with Crippen LogP contribution in [0.3, 0.4) is 0 Å². The molecule has 0 unspecified atom stereocenters. The monoisotopic (exact) mass is 332 g/mol. The predicted molar refractivity (Wildman–Crippen MR) is 64.5 cm³/mol. The maximum Gasteiger partial charge on any atom is 0.463 e. The fourth-order valence-corrected chi connectivity index (χ4v) is 1.77. The van der Waals surface area contributed by atoms with Crippen molar-refractivity contribution in [2.75, 3.05) is 16.3 Å². The van der Waals surface area contributed by atoms with E-state index in [0.29, 0.717) is 0 Å². The van der Waals surface area contributed by atoms with Gasteiger partial charge in [0.15, 0.2) is 0 Å². The first-order valence-corrected chi connectivity index (χ1v) is 7.06. The molecule has 0 spiro atoms. The van der Waals surface area contributed by atoms with Crippen LogP contribution in [0.1, 0.15) is 0 Å². The Hall–Kier alpha value is -1.91. The molecule has 11 heteroatoms. The molecule has 1 aromatic rings. The largest absolute Gasteiger partial charge is 0.463 e. The molecule has 1 aromatic carbocycles. The summed E-state index contributed by atoms with van der Waals surface area (Å²) in [5.41, 5.74) is -0.525. The van der Waals surface area contributed by atoms with Crippen LogP contribution in [0.2, 0.25) is 0 Å². The van der Waals surface area contributed by atoms with E-state index in [0.717, 1.165) is 24.5 Å². The minimum absolute atomic E-state index is 0.106. The average molecular weight is 332 g/mol. The molecule has 1 amide bonds. The summed E-state index contributed by atoms with van der Waals surface area (Å²) in [6.45, 7) is 0. The predicted octanol–water partition coefficient (Wildman–Crippen LogP) is 2.19. The zero-order valence-corrected chi connectivity index (χ0v) is 11.1. The normalized spacial score (nSPS) is 12.9. The Balaban J connectivity index is 2.95. The molecule has 0 bridgehead atoms. The molecule has 0 aliphatic rings. The molecule has 0 atom stereocenters. The highest BCUT2D eigenvalue weighted by molar-refractivity contribution is 7.92. The minimum Gasteiger partial charge on any atom is -0.320 e. The molecule has 0 saturated carbocycles. The summed E-state index contributed by atoms with van der Waals surface area (Å²) in [4.78, 5) is 11.0. The van der Waals surface area contributed by atoms with E-state index >= 15 is 0 Å². The van der Waals surface area contributed by atoms with Gasteiger partial charge in [0, 0.05) is 5.69 Å². The lowest BCUT2D eigenvalue weighted by atomic mass is 10.2. The Morgan fingerprint density at radius 1 is 1.10 bits per heavy atom. The highest BCUT2D eigenvalue weighted by atomic mass is 32.2. The van der Waals surface area contributed by atoms with E-state index in [9.17, 15) is 35.2 Å². The third-order valence-electron chi connectivity index (χ3n) is 2.06. The lowest BCUT2D eigenvalue weighted by molar-refractivity contribution is -0.267. The SMILES string of the molecule is CS(=O)(=O)Nc1cccc(NC(=O)C(F)(F)C(F)(F)F)c1. The summed E-state index contributed by atoms with van der Waals surface area (Å²) >= 11 is 0. The number of halogens is 5. The molecule has 118 valence electrons.